The van der Waals surface area contributed by atoms with Gasteiger partial charge in [0.05, 0.1) is 32.1 Å². The molecule has 2 bridgehead atoms. The molecule has 3 saturated heterocycles. The molecule has 0 radical (unpaired) electrons. The lowest BCUT2D eigenvalue weighted by atomic mass is 9.62. The van der Waals surface area contributed by atoms with Crippen molar-refractivity contribution in [3.63, 3.8) is 0 Å². The van der Waals surface area contributed by atoms with Gasteiger partial charge in [0.1, 0.15) is 42.5 Å². The molecule has 2 amide bonds. The fourth-order valence-electron chi connectivity index (χ4n) is 7.80. The van der Waals surface area contributed by atoms with Gasteiger partial charge >= 0.3 is 5.97 Å². The number of ether oxygens (including phenoxy) is 4. The Morgan fingerprint density at radius 2 is 1.79 bits per heavy atom. The molecule has 3 aliphatic carbocycles. The normalized spacial score (nSPS) is 33.6. The van der Waals surface area contributed by atoms with Crippen molar-refractivity contribution in [2.24, 2.45) is 17.3 Å². The molecule has 0 aromatic heterocycles. The fourth-order valence-corrected chi connectivity index (χ4v) is 7.80. The number of hydrogen-bond acceptors (Lipinski definition) is 12. The number of carbonyl (C=O) groups excluding carboxylic acids is 3. The number of benzene rings is 1. The lowest BCUT2D eigenvalue weighted by molar-refractivity contribution is -0.235. The van der Waals surface area contributed by atoms with E-state index >= 15 is 0 Å². The summed E-state index contributed by atoms with van der Waals surface area (Å²) in [5.74, 6) is -2.26. The first-order chi connectivity index (χ1) is 22.7. The Hall–Kier alpha value is -3.11. The zero-order valence-corrected chi connectivity index (χ0v) is 26.3. The molecular weight excluding hydrogens is 614 g/mol. The zero-order chi connectivity index (χ0) is 32.9. The summed E-state index contributed by atoms with van der Waals surface area (Å²) in [6, 6.07) is 4.99. The lowest BCUT2D eigenvalue weighted by Gasteiger charge is -2.49. The minimum absolute atomic E-state index is 0.0524. The van der Waals surface area contributed by atoms with E-state index in [2.05, 4.69) is 10.6 Å². The van der Waals surface area contributed by atoms with Gasteiger partial charge < -0.3 is 44.9 Å². The number of nitrogens with one attached hydrogen (secondary N) is 2. The first-order valence-electron chi connectivity index (χ1n) is 16.6. The Bertz CT molecular complexity index is 1370. The Morgan fingerprint density at radius 1 is 1.09 bits per heavy atom. The largest absolute Gasteiger partial charge is 0.499 e. The molecular formula is C33H43N3O11. The third kappa shape index (κ3) is 5.73. The van der Waals surface area contributed by atoms with Gasteiger partial charge in [-0.2, -0.15) is 5.06 Å². The van der Waals surface area contributed by atoms with Gasteiger partial charge in [0.2, 0.25) is 11.8 Å². The minimum Gasteiger partial charge on any atom is -0.499 e. The van der Waals surface area contributed by atoms with E-state index in [4.69, 9.17) is 28.9 Å². The van der Waals surface area contributed by atoms with E-state index in [1.807, 2.05) is 24.3 Å². The second-order valence-electron chi connectivity index (χ2n) is 13.5. The maximum Gasteiger partial charge on any atom is 0.327 e. The van der Waals surface area contributed by atoms with Crippen LogP contribution in [0.2, 0.25) is 0 Å². The van der Waals surface area contributed by atoms with Gasteiger partial charge in [-0.25, -0.2) is 0 Å². The highest BCUT2D eigenvalue weighted by molar-refractivity contribution is 5.96. The van der Waals surface area contributed by atoms with Crippen LogP contribution < -0.4 is 10.6 Å². The van der Waals surface area contributed by atoms with E-state index in [1.165, 1.54) is 18.2 Å². The molecule has 8 atom stereocenters. The highest BCUT2D eigenvalue weighted by Gasteiger charge is 2.78. The maximum atomic E-state index is 14.6. The number of nitrogens with zero attached hydrogens (tertiary/aromatic N) is 1. The van der Waals surface area contributed by atoms with Crippen LogP contribution in [0.25, 0.3) is 6.08 Å². The smallest absolute Gasteiger partial charge is 0.327 e. The molecule has 7 rings (SSSR count). The first-order valence-corrected chi connectivity index (χ1v) is 16.6. The summed E-state index contributed by atoms with van der Waals surface area (Å²) in [5.41, 5.74) is 0.154. The van der Waals surface area contributed by atoms with Gasteiger partial charge in [-0.15, -0.1) is 0 Å². The van der Waals surface area contributed by atoms with Crippen LogP contribution in [0.15, 0.2) is 30.5 Å². The van der Waals surface area contributed by atoms with Crippen molar-refractivity contribution < 1.29 is 53.5 Å². The van der Waals surface area contributed by atoms with Crippen LogP contribution in [0.4, 0.5) is 0 Å². The van der Waals surface area contributed by atoms with Gasteiger partial charge in [0.25, 0.3) is 0 Å². The molecule has 1 aromatic rings. The summed E-state index contributed by atoms with van der Waals surface area (Å²) < 4.78 is 24.8. The Morgan fingerprint density at radius 3 is 2.43 bits per heavy atom. The van der Waals surface area contributed by atoms with E-state index in [0.717, 1.165) is 36.8 Å². The molecule has 47 heavy (non-hydrogen) atoms. The number of esters is 1. The topological polar surface area (TPSA) is 185 Å². The second kappa shape index (κ2) is 12.7. The number of hydrogen-bond donors (Lipinski definition) is 5. The predicted molar refractivity (Wildman–Crippen MR) is 161 cm³/mol. The number of hydroxylamine groups is 2. The molecule has 5 N–H and O–H groups in total. The number of amides is 2. The monoisotopic (exact) mass is 657 g/mol. The van der Waals surface area contributed by atoms with E-state index in [-0.39, 0.29) is 51.2 Å². The van der Waals surface area contributed by atoms with Crippen LogP contribution in [0.5, 0.6) is 0 Å². The third-order valence-electron chi connectivity index (χ3n) is 10.3. The van der Waals surface area contributed by atoms with Crippen molar-refractivity contribution in [3.05, 3.63) is 41.7 Å². The van der Waals surface area contributed by atoms with Crippen molar-refractivity contribution >= 4 is 23.9 Å². The lowest BCUT2D eigenvalue weighted by Crippen LogP contribution is -2.71. The highest BCUT2D eigenvalue weighted by atomic mass is 16.8. The van der Waals surface area contributed by atoms with Gasteiger partial charge in [0.15, 0.2) is 11.8 Å². The van der Waals surface area contributed by atoms with Gasteiger partial charge in [-0.1, -0.05) is 24.3 Å². The maximum absolute atomic E-state index is 14.6. The van der Waals surface area contributed by atoms with Gasteiger partial charge in [-0.3, -0.25) is 19.2 Å². The molecule has 14 heteroatoms. The van der Waals surface area contributed by atoms with Crippen LogP contribution in [-0.2, 0) is 44.7 Å². The van der Waals surface area contributed by atoms with Crippen LogP contribution in [0.1, 0.15) is 50.2 Å². The first kappa shape index (κ1) is 32.4. The summed E-state index contributed by atoms with van der Waals surface area (Å²) in [6.45, 7) is 1.28. The SMILES string of the molecule is C[C@H](O)[C@@H](NC(=O)[C@@]12C[C@H]3OC(=O)[C@@H]1N(Cc1ccc(C=COCCO)cc1)O[C@@H]2[C@H]1OC(C2CC2)(C2CC2)O[C@H]13)C(=O)NCCO. The Kier molecular flexibility index (Phi) is 8.79. The molecule has 3 saturated carbocycles. The van der Waals surface area contributed by atoms with Crippen LogP contribution >= 0.6 is 0 Å². The summed E-state index contributed by atoms with van der Waals surface area (Å²) in [5, 5.41) is 35.3. The van der Waals surface area contributed by atoms with Crippen molar-refractivity contribution in [2.45, 2.75) is 94.0 Å². The summed E-state index contributed by atoms with van der Waals surface area (Å²) in [4.78, 5) is 48.0. The highest BCUT2D eigenvalue weighted by Crippen LogP contribution is 2.63. The van der Waals surface area contributed by atoms with Crippen LogP contribution in [0.3, 0.4) is 0 Å². The predicted octanol–water partition coefficient (Wildman–Crippen LogP) is -0.259. The summed E-state index contributed by atoms with van der Waals surface area (Å²) in [6.07, 6.45) is 2.98. The van der Waals surface area contributed by atoms with Crippen molar-refractivity contribution in [1.29, 1.82) is 0 Å². The van der Waals surface area contributed by atoms with Crippen molar-refractivity contribution in [2.75, 3.05) is 26.4 Å². The second-order valence-corrected chi connectivity index (χ2v) is 13.5. The van der Waals surface area contributed by atoms with Crippen molar-refractivity contribution in [3.8, 4) is 0 Å². The van der Waals surface area contributed by atoms with E-state index in [1.54, 1.807) is 6.08 Å². The number of carbonyl (C=O) groups is 3. The van der Waals surface area contributed by atoms with Crippen LogP contribution in [0, 0.1) is 17.3 Å². The quantitative estimate of drug-likeness (QED) is 0.101. The molecule has 256 valence electrons. The number of rotatable bonds is 14. The Labute approximate surface area is 272 Å². The average molecular weight is 658 g/mol. The molecule has 0 spiro atoms. The third-order valence-corrected chi connectivity index (χ3v) is 10.3. The average Bonchev–Trinajstić information content (AvgIpc) is 4.00. The van der Waals surface area contributed by atoms with E-state index < -0.39 is 71.6 Å². The summed E-state index contributed by atoms with van der Waals surface area (Å²) in [7, 11) is 0. The molecule has 3 aliphatic heterocycles. The fraction of sp³-hybridized carbons (Fsp3) is 0.667. The Balaban J connectivity index is 1.20. The van der Waals surface area contributed by atoms with E-state index in [0.29, 0.717) is 0 Å². The summed E-state index contributed by atoms with van der Waals surface area (Å²) >= 11 is 0. The van der Waals surface area contributed by atoms with Crippen LogP contribution in [-0.4, -0.2) is 113 Å². The van der Waals surface area contributed by atoms with Gasteiger partial charge in [0, 0.05) is 24.8 Å². The minimum atomic E-state index is -1.51. The molecule has 14 nitrogen and oxygen atoms in total. The van der Waals surface area contributed by atoms with Crippen molar-refractivity contribution in [1.82, 2.24) is 15.7 Å². The number of aliphatic hydroxyl groups is 3. The van der Waals surface area contributed by atoms with E-state index in [9.17, 15) is 24.6 Å². The molecule has 3 heterocycles. The molecule has 1 aromatic carbocycles. The molecule has 6 aliphatic rings. The standard InChI is InChI=1S/C33H43N3O11/c1-18(39)24(29(40)34-11-12-37)35-31(42)32-16-23-25-26(46-33(45-25,21-6-7-21)22-8-9-22)28(32)47-36(27(32)30(41)44-23)17-20-4-2-19(3-5-20)10-14-43-15-13-38/h2-5,10,14,18,21-28,37-39H,6-9,11-13,15-17H2,1H3,(H,34,40)(H,35,42)/t18-,23+,24+,25-,26-,27-,28+,32-/m0/s1. The number of fused-ring (bicyclic) bond motifs is 4. The molecule has 6 fully saturated rings. The number of aliphatic hydroxyl groups excluding tert-OH is 3. The van der Waals surface area contributed by atoms with Gasteiger partial charge in [-0.05, 0) is 49.8 Å². The molecule has 0 unspecified atom stereocenters. The zero-order valence-electron chi connectivity index (χ0n) is 26.3.